The topological polar surface area (TPSA) is 48.1 Å². The number of benzene rings is 1. The van der Waals surface area contributed by atoms with Gasteiger partial charge in [0.1, 0.15) is 5.75 Å². The van der Waals surface area contributed by atoms with Crippen LogP contribution in [0.4, 0.5) is 0 Å². The fraction of sp³-hybridized carbons (Fsp3) is 0.154. The van der Waals surface area contributed by atoms with Crippen LogP contribution in [0.15, 0.2) is 42.7 Å². The molecule has 0 spiro atoms. The lowest BCUT2D eigenvalue weighted by molar-refractivity contribution is 0.416. The third-order valence-corrected chi connectivity index (χ3v) is 2.52. The Morgan fingerprint density at radius 1 is 1.19 bits per heavy atom. The fourth-order valence-electron chi connectivity index (χ4n) is 1.72. The van der Waals surface area contributed by atoms with E-state index in [4.69, 9.17) is 10.5 Å². The molecule has 2 rings (SSSR count). The van der Waals surface area contributed by atoms with Crippen molar-refractivity contribution in [1.82, 2.24) is 4.98 Å². The molecule has 0 atom stereocenters. The Hall–Kier alpha value is -1.87. The fourth-order valence-corrected chi connectivity index (χ4v) is 1.72. The molecule has 0 amide bonds. The van der Waals surface area contributed by atoms with Crippen molar-refractivity contribution in [2.45, 2.75) is 6.54 Å². The number of rotatable bonds is 3. The number of ether oxygens (including phenoxy) is 1. The molecule has 0 aliphatic heterocycles. The average Bonchev–Trinajstić information content (AvgIpc) is 2.38. The number of nitrogens with two attached hydrogens (primary N) is 1. The standard InChI is InChI=1S/C13H14N2O/c1-16-13-5-3-2-4-12(13)11-6-7-15-9-10(11)8-14/h2-7,9H,8,14H2,1H3. The molecule has 0 saturated carbocycles. The third-order valence-electron chi connectivity index (χ3n) is 2.52. The Bertz CT molecular complexity index is 437. The lowest BCUT2D eigenvalue weighted by Gasteiger charge is -2.11. The zero-order valence-corrected chi connectivity index (χ0v) is 9.18. The van der Waals surface area contributed by atoms with Crippen LogP contribution in [0.2, 0.25) is 0 Å². The second-order valence-corrected chi connectivity index (χ2v) is 3.44. The first-order valence-corrected chi connectivity index (χ1v) is 5.13. The molecule has 1 aromatic carbocycles. The van der Waals surface area contributed by atoms with Crippen LogP contribution in [0.25, 0.3) is 11.1 Å². The largest absolute Gasteiger partial charge is 0.496 e. The highest BCUT2D eigenvalue weighted by molar-refractivity contribution is 5.72. The lowest BCUT2D eigenvalue weighted by atomic mass is 10.0. The van der Waals surface area contributed by atoms with Crippen LogP contribution in [0, 0.1) is 0 Å². The summed E-state index contributed by atoms with van der Waals surface area (Å²) in [4.78, 5) is 4.08. The molecule has 3 heteroatoms. The highest BCUT2D eigenvalue weighted by atomic mass is 16.5. The van der Waals surface area contributed by atoms with Gasteiger partial charge in [0.15, 0.2) is 0 Å². The van der Waals surface area contributed by atoms with Gasteiger partial charge in [-0.1, -0.05) is 18.2 Å². The normalized spacial score (nSPS) is 10.1. The molecule has 0 fully saturated rings. The Labute approximate surface area is 94.9 Å². The minimum Gasteiger partial charge on any atom is -0.496 e. The molecular formula is C13H14N2O. The van der Waals surface area contributed by atoms with Crippen molar-refractivity contribution >= 4 is 0 Å². The molecule has 2 aromatic rings. The second kappa shape index (κ2) is 4.77. The van der Waals surface area contributed by atoms with Crippen LogP contribution in [0.5, 0.6) is 5.75 Å². The predicted octanol–water partition coefficient (Wildman–Crippen LogP) is 2.22. The van der Waals surface area contributed by atoms with E-state index in [1.54, 1.807) is 19.5 Å². The van der Waals surface area contributed by atoms with Gasteiger partial charge < -0.3 is 10.5 Å². The molecule has 3 nitrogen and oxygen atoms in total. The minimum absolute atomic E-state index is 0.473. The van der Waals surface area contributed by atoms with Crippen LogP contribution in [-0.2, 0) is 6.54 Å². The van der Waals surface area contributed by atoms with Crippen LogP contribution in [0.3, 0.4) is 0 Å². The van der Waals surface area contributed by atoms with Crippen molar-refractivity contribution < 1.29 is 4.74 Å². The quantitative estimate of drug-likeness (QED) is 0.852. The first-order valence-electron chi connectivity index (χ1n) is 5.13. The van der Waals surface area contributed by atoms with Crippen LogP contribution in [-0.4, -0.2) is 12.1 Å². The molecule has 16 heavy (non-hydrogen) atoms. The molecule has 0 aliphatic rings. The highest BCUT2D eigenvalue weighted by Crippen LogP contribution is 2.31. The Kier molecular flexibility index (Phi) is 3.17. The van der Waals surface area contributed by atoms with Gasteiger partial charge in [-0.2, -0.15) is 0 Å². The van der Waals surface area contributed by atoms with E-state index in [1.165, 1.54) is 0 Å². The van der Waals surface area contributed by atoms with Crippen molar-refractivity contribution in [2.24, 2.45) is 5.73 Å². The van der Waals surface area contributed by atoms with E-state index in [0.717, 1.165) is 22.4 Å². The van der Waals surface area contributed by atoms with Gasteiger partial charge in [-0.3, -0.25) is 4.98 Å². The molecule has 0 bridgehead atoms. The van der Waals surface area contributed by atoms with E-state index in [0.29, 0.717) is 6.54 Å². The summed E-state index contributed by atoms with van der Waals surface area (Å²) >= 11 is 0. The van der Waals surface area contributed by atoms with Crippen LogP contribution < -0.4 is 10.5 Å². The summed E-state index contributed by atoms with van der Waals surface area (Å²) in [5, 5.41) is 0. The van der Waals surface area contributed by atoms with E-state index >= 15 is 0 Å². The van der Waals surface area contributed by atoms with E-state index in [2.05, 4.69) is 4.98 Å². The van der Waals surface area contributed by atoms with Crippen molar-refractivity contribution in [3.05, 3.63) is 48.3 Å². The van der Waals surface area contributed by atoms with Gasteiger partial charge in [0.25, 0.3) is 0 Å². The Morgan fingerprint density at radius 2 is 2.00 bits per heavy atom. The number of para-hydroxylation sites is 1. The molecule has 0 aliphatic carbocycles. The average molecular weight is 214 g/mol. The van der Waals surface area contributed by atoms with Gasteiger partial charge in [0.2, 0.25) is 0 Å². The van der Waals surface area contributed by atoms with Gasteiger partial charge in [-0.15, -0.1) is 0 Å². The summed E-state index contributed by atoms with van der Waals surface area (Å²) < 4.78 is 5.34. The lowest BCUT2D eigenvalue weighted by Crippen LogP contribution is -2.00. The Morgan fingerprint density at radius 3 is 2.75 bits per heavy atom. The molecule has 0 unspecified atom stereocenters. The third kappa shape index (κ3) is 1.90. The summed E-state index contributed by atoms with van der Waals surface area (Å²) in [6.07, 6.45) is 3.56. The zero-order valence-electron chi connectivity index (χ0n) is 9.18. The maximum atomic E-state index is 5.70. The SMILES string of the molecule is COc1ccccc1-c1ccncc1CN. The van der Waals surface area contributed by atoms with Crippen LogP contribution >= 0.6 is 0 Å². The zero-order chi connectivity index (χ0) is 11.4. The number of nitrogens with zero attached hydrogens (tertiary/aromatic N) is 1. The van der Waals surface area contributed by atoms with E-state index < -0.39 is 0 Å². The van der Waals surface area contributed by atoms with Crippen molar-refractivity contribution in [3.63, 3.8) is 0 Å². The summed E-state index contributed by atoms with van der Waals surface area (Å²) in [6, 6.07) is 9.85. The molecule has 0 saturated heterocycles. The second-order valence-electron chi connectivity index (χ2n) is 3.44. The first-order chi connectivity index (χ1) is 7.86. The van der Waals surface area contributed by atoms with Gasteiger partial charge in [0, 0.05) is 24.5 Å². The van der Waals surface area contributed by atoms with Gasteiger partial charge in [-0.25, -0.2) is 0 Å². The summed E-state index contributed by atoms with van der Waals surface area (Å²) in [6.45, 7) is 0.473. The molecule has 1 aromatic heterocycles. The molecule has 82 valence electrons. The maximum Gasteiger partial charge on any atom is 0.126 e. The number of pyridine rings is 1. The molecule has 0 radical (unpaired) electrons. The summed E-state index contributed by atoms with van der Waals surface area (Å²) in [5.74, 6) is 0.850. The van der Waals surface area contributed by atoms with Crippen molar-refractivity contribution in [3.8, 4) is 16.9 Å². The predicted molar refractivity (Wildman–Crippen MR) is 64.1 cm³/mol. The first kappa shape index (κ1) is 10.6. The number of methoxy groups -OCH3 is 1. The van der Waals surface area contributed by atoms with Crippen molar-refractivity contribution in [2.75, 3.05) is 7.11 Å². The van der Waals surface area contributed by atoms with E-state index in [-0.39, 0.29) is 0 Å². The molecule has 2 N–H and O–H groups in total. The minimum atomic E-state index is 0.473. The number of aromatic nitrogens is 1. The summed E-state index contributed by atoms with van der Waals surface area (Å²) in [7, 11) is 1.67. The molecule has 1 heterocycles. The van der Waals surface area contributed by atoms with Gasteiger partial charge in [-0.05, 0) is 23.3 Å². The van der Waals surface area contributed by atoms with Gasteiger partial charge >= 0.3 is 0 Å². The molecular weight excluding hydrogens is 200 g/mol. The Balaban J connectivity index is 2.58. The van der Waals surface area contributed by atoms with Gasteiger partial charge in [0.05, 0.1) is 7.11 Å². The summed E-state index contributed by atoms with van der Waals surface area (Å²) in [5.41, 5.74) is 8.85. The van der Waals surface area contributed by atoms with E-state index in [9.17, 15) is 0 Å². The highest BCUT2D eigenvalue weighted by Gasteiger charge is 2.08. The van der Waals surface area contributed by atoms with Crippen molar-refractivity contribution in [1.29, 1.82) is 0 Å². The monoisotopic (exact) mass is 214 g/mol. The maximum absolute atomic E-state index is 5.70. The number of hydrogen-bond donors (Lipinski definition) is 1. The smallest absolute Gasteiger partial charge is 0.126 e. The van der Waals surface area contributed by atoms with E-state index in [1.807, 2.05) is 30.3 Å². The van der Waals surface area contributed by atoms with Crippen LogP contribution in [0.1, 0.15) is 5.56 Å². The number of hydrogen-bond acceptors (Lipinski definition) is 3.